The number of furan rings is 1. The summed E-state index contributed by atoms with van der Waals surface area (Å²) in [6.45, 7) is 0. The van der Waals surface area contributed by atoms with Gasteiger partial charge in [0, 0.05) is 71.6 Å². The Morgan fingerprint density at radius 2 is 0.741 bits per heavy atom. The number of aromatic nitrogens is 6. The molecule has 0 N–H and O–H groups in total. The van der Waals surface area contributed by atoms with E-state index >= 15 is 0 Å². The molecule has 5 heterocycles. The first-order chi connectivity index (χ1) is 53.6. The van der Waals surface area contributed by atoms with Gasteiger partial charge in [0.25, 0.3) is 0 Å². The minimum absolute atomic E-state index is 0.484. The van der Waals surface area contributed by atoms with Crippen LogP contribution in [0.2, 0.25) is 0 Å². The summed E-state index contributed by atoms with van der Waals surface area (Å²) in [5, 5.41) is 18.1. The number of anilines is 3. The van der Waals surface area contributed by atoms with E-state index in [1.807, 2.05) is 72.9 Å². The molecule has 0 bridgehead atoms. The van der Waals surface area contributed by atoms with Crippen molar-refractivity contribution >= 4 is 136 Å². The SMILES string of the molecule is c1ccc(-c2ccc(-c3cccc(N(c4ccc5c(-c6ccc7c(c6)c6c8oc9c(ccc%10c%11ccccc%11c%11ccccc%11c%109)c8c8ccccc8c6n7-c6ccc(-c7nc(-c8ccccc8)nc(-c8ccccc8)n7)nc6)cccc5c4)c4ccc5c(c4)c4ccccc4n5-c4ccccc4)c3)cc2)cc1. The fourth-order valence-corrected chi connectivity index (χ4v) is 17.1. The van der Waals surface area contributed by atoms with Crippen LogP contribution < -0.4 is 4.90 Å². The third-order valence-corrected chi connectivity index (χ3v) is 21.9. The van der Waals surface area contributed by atoms with Gasteiger partial charge >= 0.3 is 0 Å². The van der Waals surface area contributed by atoms with Crippen molar-refractivity contribution in [2.45, 2.75) is 0 Å². The van der Waals surface area contributed by atoms with Crippen LogP contribution in [-0.2, 0) is 0 Å². The maximum Gasteiger partial charge on any atom is 0.182 e. The van der Waals surface area contributed by atoms with Crippen molar-refractivity contribution in [3.8, 4) is 79.0 Å². The van der Waals surface area contributed by atoms with E-state index in [2.05, 4.69) is 311 Å². The van der Waals surface area contributed by atoms with E-state index < -0.39 is 0 Å². The Morgan fingerprint density at radius 3 is 1.44 bits per heavy atom. The fourth-order valence-electron chi connectivity index (χ4n) is 17.1. The molecule has 0 spiro atoms. The van der Waals surface area contributed by atoms with Crippen LogP contribution in [-0.4, -0.2) is 29.1 Å². The van der Waals surface area contributed by atoms with Gasteiger partial charge in [0.2, 0.25) is 0 Å². The highest BCUT2D eigenvalue weighted by Gasteiger charge is 2.27. The lowest BCUT2D eigenvalue weighted by molar-refractivity contribution is 0.677. The number of para-hydroxylation sites is 2. The summed E-state index contributed by atoms with van der Waals surface area (Å²) in [6, 6.07) is 131. The van der Waals surface area contributed by atoms with Gasteiger partial charge in [-0.2, -0.15) is 0 Å². The average Bonchev–Trinajstić information content (AvgIpc) is 1.52. The topological polar surface area (TPSA) is 77.8 Å². The van der Waals surface area contributed by atoms with Crippen LogP contribution in [0.5, 0.6) is 0 Å². The second-order valence-corrected chi connectivity index (χ2v) is 28.0. The summed E-state index contributed by atoms with van der Waals surface area (Å²) in [6.07, 6.45) is 1.96. The molecule has 108 heavy (non-hydrogen) atoms. The number of fused-ring (bicyclic) bond motifs is 21. The molecule has 0 atom stereocenters. The molecule has 17 aromatic carbocycles. The van der Waals surface area contributed by atoms with Crippen LogP contribution in [0.4, 0.5) is 17.1 Å². The molecular weight excluding hydrogens is 1320 g/mol. The molecule has 0 aliphatic carbocycles. The highest BCUT2D eigenvalue weighted by atomic mass is 16.3. The molecule has 0 amide bonds. The van der Waals surface area contributed by atoms with E-state index in [-0.39, 0.29) is 0 Å². The predicted octanol–water partition coefficient (Wildman–Crippen LogP) is 26.6. The minimum Gasteiger partial charge on any atom is -0.455 e. The first kappa shape index (κ1) is 60.9. The molecule has 0 unspecified atom stereocenters. The van der Waals surface area contributed by atoms with Crippen LogP contribution in [0.1, 0.15) is 0 Å². The first-order valence-corrected chi connectivity index (χ1v) is 36.7. The molecule has 502 valence electrons. The van der Waals surface area contributed by atoms with Crippen molar-refractivity contribution in [2.75, 3.05) is 4.90 Å². The third kappa shape index (κ3) is 9.71. The normalized spacial score (nSPS) is 11.9. The lowest BCUT2D eigenvalue weighted by Crippen LogP contribution is -2.10. The third-order valence-electron chi connectivity index (χ3n) is 21.9. The number of hydrogen-bond acceptors (Lipinski definition) is 6. The lowest BCUT2D eigenvalue weighted by Gasteiger charge is -2.27. The molecule has 0 saturated carbocycles. The van der Waals surface area contributed by atoms with E-state index in [4.69, 9.17) is 24.4 Å². The van der Waals surface area contributed by atoms with Gasteiger partial charge in [-0.05, 0) is 167 Å². The Balaban J connectivity index is 0.743. The Hall–Kier alpha value is -14.6. The molecule has 0 radical (unpaired) electrons. The number of nitrogens with zero attached hydrogens (tertiary/aromatic N) is 7. The molecule has 0 fully saturated rings. The number of benzene rings is 17. The second-order valence-electron chi connectivity index (χ2n) is 28.0. The molecular formula is C100H61N7O. The van der Waals surface area contributed by atoms with E-state index in [1.165, 1.54) is 38.1 Å². The van der Waals surface area contributed by atoms with Gasteiger partial charge in [-0.25, -0.2) is 15.0 Å². The predicted molar refractivity (Wildman–Crippen MR) is 448 cm³/mol. The zero-order chi connectivity index (χ0) is 70.9. The van der Waals surface area contributed by atoms with Crippen LogP contribution in [0.25, 0.3) is 198 Å². The van der Waals surface area contributed by atoms with Gasteiger partial charge in [-0.3, -0.25) is 4.98 Å². The van der Waals surface area contributed by atoms with Gasteiger partial charge in [-0.1, -0.05) is 273 Å². The van der Waals surface area contributed by atoms with Gasteiger partial charge in [0.05, 0.1) is 39.3 Å². The van der Waals surface area contributed by atoms with E-state index in [0.29, 0.717) is 23.2 Å². The Morgan fingerprint density at radius 1 is 0.250 bits per heavy atom. The zero-order valence-corrected chi connectivity index (χ0v) is 58.3. The average molecular weight is 1380 g/mol. The molecule has 8 heteroatoms. The number of hydrogen-bond donors (Lipinski definition) is 0. The molecule has 0 aliphatic rings. The van der Waals surface area contributed by atoms with Gasteiger partial charge < -0.3 is 18.5 Å². The van der Waals surface area contributed by atoms with Crippen molar-refractivity contribution in [2.24, 2.45) is 0 Å². The summed E-state index contributed by atoms with van der Waals surface area (Å²) < 4.78 is 12.5. The molecule has 8 nitrogen and oxygen atoms in total. The fraction of sp³-hybridized carbons (Fsp3) is 0. The Kier molecular flexibility index (Phi) is 13.8. The van der Waals surface area contributed by atoms with Crippen molar-refractivity contribution in [1.82, 2.24) is 29.1 Å². The first-order valence-electron chi connectivity index (χ1n) is 36.7. The van der Waals surface area contributed by atoms with Crippen LogP contribution in [0.15, 0.2) is 375 Å². The van der Waals surface area contributed by atoms with Gasteiger partial charge in [0.1, 0.15) is 16.9 Å². The van der Waals surface area contributed by atoms with Crippen molar-refractivity contribution in [3.63, 3.8) is 0 Å². The molecule has 22 rings (SSSR count). The Bertz CT molecular complexity index is 7300. The van der Waals surface area contributed by atoms with Gasteiger partial charge in [-0.15, -0.1) is 0 Å². The molecule has 0 aliphatic heterocycles. The second kappa shape index (κ2) is 24.5. The lowest BCUT2D eigenvalue weighted by atomic mass is 9.92. The summed E-state index contributed by atoms with van der Waals surface area (Å²) in [4.78, 5) is 22.9. The number of pyridine rings is 1. The maximum atomic E-state index is 7.76. The zero-order valence-electron chi connectivity index (χ0n) is 58.3. The van der Waals surface area contributed by atoms with Crippen molar-refractivity contribution < 1.29 is 4.42 Å². The summed E-state index contributed by atoms with van der Waals surface area (Å²) in [7, 11) is 0. The highest BCUT2D eigenvalue weighted by Crippen LogP contribution is 2.51. The molecule has 5 aromatic heterocycles. The molecule has 22 aromatic rings. The minimum atomic E-state index is 0.484. The van der Waals surface area contributed by atoms with Crippen molar-refractivity contribution in [1.29, 1.82) is 0 Å². The quantitative estimate of drug-likeness (QED) is 0.120. The number of rotatable bonds is 11. The standard InChI is InChI=1S/C100H61N7O/c1-5-23-62(24-6-1)63-43-45-64(46-44-63)67-29-21-33-71(57-67)105(73-50-56-90-86(60-73)80-37-19-20-42-89(80)106(90)70-31-11-4-12-32-70)72-48-51-76-68(58-72)30-22-41-75(76)69-47-55-91-87(59-69)94-95(107(91)74-49-54-88(101-61-74)100-103-98(65-25-7-2-8-26-65)102-99(104-100)66-27-9-3-10-28-66)84-40-18-17-39-82(84)93-85-53-52-83-79-36-14-13-34-77(79)78-35-15-16-38-81(78)92(83)96(85)108-97(93)94/h1-61H. The van der Waals surface area contributed by atoms with Crippen LogP contribution >= 0.6 is 0 Å². The molecule has 0 saturated heterocycles. The van der Waals surface area contributed by atoms with E-state index in [0.717, 1.165) is 154 Å². The smallest absolute Gasteiger partial charge is 0.182 e. The largest absolute Gasteiger partial charge is 0.455 e. The highest BCUT2D eigenvalue weighted by molar-refractivity contribution is 6.39. The van der Waals surface area contributed by atoms with Crippen molar-refractivity contribution in [3.05, 3.63) is 370 Å². The van der Waals surface area contributed by atoms with Gasteiger partial charge in [0.15, 0.2) is 17.5 Å². The van der Waals surface area contributed by atoms with E-state index in [9.17, 15) is 0 Å². The summed E-state index contributed by atoms with van der Waals surface area (Å²) >= 11 is 0. The van der Waals surface area contributed by atoms with Crippen LogP contribution in [0, 0.1) is 0 Å². The monoisotopic (exact) mass is 1380 g/mol. The Labute approximate surface area is 620 Å². The summed E-state index contributed by atoms with van der Waals surface area (Å²) in [5.74, 6) is 1.64. The summed E-state index contributed by atoms with van der Waals surface area (Å²) in [5.41, 5.74) is 20.5. The maximum absolute atomic E-state index is 7.76. The van der Waals surface area contributed by atoms with E-state index in [1.54, 1.807) is 0 Å². The van der Waals surface area contributed by atoms with Crippen LogP contribution in [0.3, 0.4) is 0 Å².